The number of nitrogens with zero attached hydrogens (tertiary/aromatic N) is 3. The molecule has 0 aliphatic carbocycles. The van der Waals surface area contributed by atoms with Gasteiger partial charge in [-0.15, -0.1) is 0 Å². The third kappa shape index (κ3) is 9.04. The summed E-state index contributed by atoms with van der Waals surface area (Å²) in [5.41, 5.74) is 10.4. The molecule has 0 bridgehead atoms. The van der Waals surface area contributed by atoms with Crippen molar-refractivity contribution in [1.29, 1.82) is 5.26 Å². The molecular weight excluding hydrogens is 675 g/mol. The van der Waals surface area contributed by atoms with E-state index in [1.54, 1.807) is 6.07 Å². The van der Waals surface area contributed by atoms with Gasteiger partial charge in [-0.2, -0.15) is 5.26 Å². The van der Waals surface area contributed by atoms with E-state index in [0.29, 0.717) is 5.56 Å². The van der Waals surface area contributed by atoms with Crippen LogP contribution in [0, 0.1) is 11.3 Å². The van der Waals surface area contributed by atoms with Gasteiger partial charge in [-0.1, -0.05) is 121 Å². The molecule has 0 atom stereocenters. The van der Waals surface area contributed by atoms with Gasteiger partial charge in [0.25, 0.3) is 0 Å². The Morgan fingerprint density at radius 3 is 1.02 bits per heavy atom. The average Bonchev–Trinajstić information content (AvgIpc) is 3.24. The zero-order valence-electron chi connectivity index (χ0n) is 30.0. The molecule has 0 saturated carbocycles. The number of anilines is 6. The molecule has 0 aliphatic heterocycles. The first-order chi connectivity index (χ1) is 27.0. The fraction of sp³-hybridized carbons (Fsp3) is 0. The molecule has 5 heteroatoms. The highest BCUT2D eigenvalue weighted by atomic mass is 16.4. The smallest absolute Gasteiger partial charge is 0.346 e. The minimum atomic E-state index is -1.26. The summed E-state index contributed by atoms with van der Waals surface area (Å²) in [4.78, 5) is 16.1. The monoisotopic (exact) mass is 711 g/mol. The largest absolute Gasteiger partial charge is 0.477 e. The number of benzene rings is 7. The lowest BCUT2D eigenvalue weighted by molar-refractivity contribution is -0.132. The van der Waals surface area contributed by atoms with Gasteiger partial charge in [-0.05, 0) is 125 Å². The molecule has 0 fully saturated rings. The molecule has 0 unspecified atom stereocenters. The van der Waals surface area contributed by atoms with E-state index >= 15 is 0 Å². The quantitative estimate of drug-likeness (QED) is 0.0776. The second-order valence-electron chi connectivity index (χ2n) is 12.8. The second kappa shape index (κ2) is 17.2. The number of aliphatic carboxylic acids is 1. The van der Waals surface area contributed by atoms with Crippen molar-refractivity contribution in [3.8, 4) is 6.07 Å². The number of carboxylic acids is 1. The van der Waals surface area contributed by atoms with E-state index in [1.165, 1.54) is 6.08 Å². The highest BCUT2D eigenvalue weighted by Crippen LogP contribution is 2.35. The summed E-state index contributed by atoms with van der Waals surface area (Å²) in [6.45, 7) is 0. The second-order valence-corrected chi connectivity index (χ2v) is 12.8. The van der Waals surface area contributed by atoms with Crippen LogP contribution in [0.1, 0.15) is 27.8 Å². The first-order valence-corrected chi connectivity index (χ1v) is 17.9. The maximum Gasteiger partial charge on any atom is 0.346 e. The van der Waals surface area contributed by atoms with Crippen LogP contribution >= 0.6 is 0 Å². The molecule has 0 spiro atoms. The minimum absolute atomic E-state index is 0.329. The number of rotatable bonds is 12. The molecule has 7 rings (SSSR count). The summed E-state index contributed by atoms with van der Waals surface area (Å²) < 4.78 is 0. The molecule has 5 nitrogen and oxygen atoms in total. The zero-order chi connectivity index (χ0) is 37.8. The maximum atomic E-state index is 11.7. The average molecular weight is 712 g/mol. The lowest BCUT2D eigenvalue weighted by Gasteiger charge is -2.25. The van der Waals surface area contributed by atoms with Crippen LogP contribution in [0.3, 0.4) is 0 Å². The topological polar surface area (TPSA) is 67.6 Å². The van der Waals surface area contributed by atoms with Crippen molar-refractivity contribution in [2.75, 3.05) is 9.80 Å². The molecule has 0 aliphatic rings. The maximum absolute atomic E-state index is 11.7. The molecule has 0 amide bonds. The van der Waals surface area contributed by atoms with E-state index in [0.717, 1.165) is 56.4 Å². The van der Waals surface area contributed by atoms with Crippen LogP contribution < -0.4 is 9.80 Å². The van der Waals surface area contributed by atoms with Crippen LogP contribution in [0.4, 0.5) is 34.1 Å². The van der Waals surface area contributed by atoms with Crippen molar-refractivity contribution in [2.24, 2.45) is 0 Å². The lowest BCUT2D eigenvalue weighted by atomic mass is 10.0. The van der Waals surface area contributed by atoms with E-state index in [2.05, 4.69) is 107 Å². The first-order valence-electron chi connectivity index (χ1n) is 17.9. The summed E-state index contributed by atoms with van der Waals surface area (Å²) in [5, 5.41) is 19.0. The molecule has 7 aromatic carbocycles. The zero-order valence-corrected chi connectivity index (χ0v) is 30.0. The van der Waals surface area contributed by atoms with Crippen LogP contribution in [-0.2, 0) is 4.79 Å². The van der Waals surface area contributed by atoms with Gasteiger partial charge in [-0.3, -0.25) is 0 Å². The Balaban J connectivity index is 1.16. The summed E-state index contributed by atoms with van der Waals surface area (Å²) in [7, 11) is 0. The normalized spacial score (nSPS) is 11.4. The summed E-state index contributed by atoms with van der Waals surface area (Å²) in [6, 6.07) is 65.4. The van der Waals surface area contributed by atoms with Crippen molar-refractivity contribution in [1.82, 2.24) is 0 Å². The van der Waals surface area contributed by atoms with Crippen molar-refractivity contribution in [3.05, 3.63) is 221 Å². The minimum Gasteiger partial charge on any atom is -0.477 e. The third-order valence-corrected chi connectivity index (χ3v) is 8.96. The van der Waals surface area contributed by atoms with Gasteiger partial charge < -0.3 is 14.9 Å². The van der Waals surface area contributed by atoms with E-state index in [1.807, 2.05) is 115 Å². The van der Waals surface area contributed by atoms with Gasteiger partial charge in [0.05, 0.1) is 0 Å². The Labute approximate surface area is 321 Å². The predicted molar refractivity (Wildman–Crippen MR) is 228 cm³/mol. The first kappa shape index (κ1) is 35.7. The predicted octanol–water partition coefficient (Wildman–Crippen LogP) is 13.0. The fourth-order valence-electron chi connectivity index (χ4n) is 6.34. The van der Waals surface area contributed by atoms with Crippen molar-refractivity contribution < 1.29 is 9.90 Å². The standard InChI is InChI=1S/C50H37N3O2/c51-37-43(50(54)55)36-42-34-40(23-21-38-25-29-48(30-26-38)52(44-13-5-1-6-14-44)45-15-7-2-8-16-45)33-41(35-42)24-22-39-27-31-49(32-28-39)53(46-17-9-3-10-18-46)47-19-11-4-12-20-47/h1-36H,(H,54,55)/b23-21+,24-22+,43-36+. The molecule has 0 aromatic heterocycles. The molecule has 0 radical (unpaired) electrons. The summed E-state index contributed by atoms with van der Waals surface area (Å²) in [5.74, 6) is -1.26. The Bertz CT molecular complexity index is 2250. The Morgan fingerprint density at radius 2 is 0.709 bits per heavy atom. The van der Waals surface area contributed by atoms with Gasteiger partial charge in [0.15, 0.2) is 0 Å². The Kier molecular flexibility index (Phi) is 11.2. The van der Waals surface area contributed by atoms with Crippen molar-refractivity contribution >= 4 is 70.5 Å². The number of hydrogen-bond donors (Lipinski definition) is 1. The van der Waals surface area contributed by atoms with E-state index < -0.39 is 5.97 Å². The molecular formula is C50H37N3O2. The molecule has 0 heterocycles. The molecule has 7 aromatic rings. The molecule has 0 saturated heterocycles. The van der Waals surface area contributed by atoms with Crippen LogP contribution in [0.5, 0.6) is 0 Å². The van der Waals surface area contributed by atoms with Crippen LogP contribution in [0.25, 0.3) is 30.4 Å². The summed E-state index contributed by atoms with van der Waals surface area (Å²) in [6.07, 6.45) is 9.46. The fourth-order valence-corrected chi connectivity index (χ4v) is 6.34. The van der Waals surface area contributed by atoms with Gasteiger partial charge in [-0.25, -0.2) is 4.79 Å². The van der Waals surface area contributed by atoms with Gasteiger partial charge in [0.1, 0.15) is 11.6 Å². The van der Waals surface area contributed by atoms with Gasteiger partial charge in [0.2, 0.25) is 0 Å². The van der Waals surface area contributed by atoms with Gasteiger partial charge in [0, 0.05) is 34.1 Å². The third-order valence-electron chi connectivity index (χ3n) is 8.96. The highest BCUT2D eigenvalue weighted by molar-refractivity contribution is 5.96. The molecule has 55 heavy (non-hydrogen) atoms. The van der Waals surface area contributed by atoms with Crippen molar-refractivity contribution in [2.45, 2.75) is 0 Å². The Hall–Kier alpha value is -7.68. The number of carboxylic acid groups (broad SMARTS) is 1. The number of carbonyl (C=O) groups is 1. The Morgan fingerprint density at radius 1 is 0.418 bits per heavy atom. The van der Waals surface area contributed by atoms with Crippen LogP contribution in [0.2, 0.25) is 0 Å². The summed E-state index contributed by atoms with van der Waals surface area (Å²) >= 11 is 0. The number of para-hydroxylation sites is 4. The number of nitriles is 1. The van der Waals surface area contributed by atoms with E-state index in [-0.39, 0.29) is 5.57 Å². The van der Waals surface area contributed by atoms with Crippen molar-refractivity contribution in [3.63, 3.8) is 0 Å². The number of hydrogen-bond acceptors (Lipinski definition) is 4. The van der Waals surface area contributed by atoms with Crippen LogP contribution in [0.15, 0.2) is 194 Å². The molecule has 264 valence electrons. The highest BCUT2D eigenvalue weighted by Gasteiger charge is 2.13. The molecule has 1 N–H and O–H groups in total. The van der Waals surface area contributed by atoms with E-state index in [9.17, 15) is 15.2 Å². The van der Waals surface area contributed by atoms with E-state index in [4.69, 9.17) is 0 Å². The SMILES string of the molecule is N#C/C(=C\c1cc(/C=C/c2ccc(N(c3ccccc3)c3ccccc3)cc2)cc(/C=C/c2ccc(N(c3ccccc3)c3ccccc3)cc2)c1)C(=O)O. The van der Waals surface area contributed by atoms with Gasteiger partial charge >= 0.3 is 5.97 Å². The van der Waals surface area contributed by atoms with Crippen LogP contribution in [-0.4, -0.2) is 11.1 Å². The lowest BCUT2D eigenvalue weighted by Crippen LogP contribution is -2.09.